The molecule has 0 spiro atoms. The van der Waals surface area contributed by atoms with Crippen molar-refractivity contribution in [2.75, 3.05) is 14.2 Å². The average molecular weight is 248 g/mol. The molecular weight excluding hydrogens is 234 g/mol. The zero-order valence-corrected chi connectivity index (χ0v) is 11.3. The monoisotopic (exact) mass is 248 g/mol. The molecule has 1 radical (unpaired) electrons. The molecule has 0 aliphatic carbocycles. The van der Waals surface area contributed by atoms with Crippen molar-refractivity contribution in [3.63, 3.8) is 0 Å². The molecule has 2 amide bonds. The molecule has 5 heteroatoms. The number of carbonyl (C=O) groups excluding carboxylic acids is 2. The summed E-state index contributed by atoms with van der Waals surface area (Å²) in [5.41, 5.74) is 1.04. The maximum Gasteiger partial charge on any atom is 0.261 e. The molecule has 0 aromatic heterocycles. The molecule has 1 aromatic rings. The van der Waals surface area contributed by atoms with Gasteiger partial charge in [-0.05, 0) is 17.3 Å². The van der Waals surface area contributed by atoms with Crippen LogP contribution in [0.3, 0.4) is 0 Å². The third-order valence-electron chi connectivity index (χ3n) is 2.94. The fourth-order valence-corrected chi connectivity index (χ4v) is 3.51. The van der Waals surface area contributed by atoms with Crippen molar-refractivity contribution in [1.29, 1.82) is 0 Å². The SMILES string of the molecule is COc1ccc2c(c1[Si](C)C)C(=O)N(C)C2=O. The highest BCUT2D eigenvalue weighted by atomic mass is 28.3. The first kappa shape index (κ1) is 11.9. The first-order chi connectivity index (χ1) is 7.99. The van der Waals surface area contributed by atoms with Gasteiger partial charge in [0.25, 0.3) is 11.8 Å². The standard InChI is InChI=1S/C12H14NO3Si/c1-13-11(14)7-5-6-8(16-2)10(17(3)4)9(7)12(13)15/h5-6H,1-4H3. The Morgan fingerprint density at radius 2 is 1.82 bits per heavy atom. The number of hydrogen-bond acceptors (Lipinski definition) is 3. The molecule has 1 aromatic carbocycles. The van der Waals surface area contributed by atoms with E-state index in [1.165, 1.54) is 11.9 Å². The molecule has 0 unspecified atom stereocenters. The van der Waals surface area contributed by atoms with Crippen LogP contribution in [-0.4, -0.2) is 39.7 Å². The maximum absolute atomic E-state index is 12.1. The minimum atomic E-state index is -0.882. The summed E-state index contributed by atoms with van der Waals surface area (Å²) < 4.78 is 5.29. The first-order valence-electron chi connectivity index (χ1n) is 5.33. The van der Waals surface area contributed by atoms with Gasteiger partial charge in [0.05, 0.1) is 27.0 Å². The molecule has 0 fully saturated rings. The molecule has 17 heavy (non-hydrogen) atoms. The van der Waals surface area contributed by atoms with Crippen molar-refractivity contribution < 1.29 is 14.3 Å². The van der Waals surface area contributed by atoms with E-state index >= 15 is 0 Å². The van der Waals surface area contributed by atoms with Crippen LogP contribution in [0.15, 0.2) is 12.1 Å². The van der Waals surface area contributed by atoms with Crippen molar-refractivity contribution in [2.45, 2.75) is 13.1 Å². The third-order valence-corrected chi connectivity index (χ3v) is 4.44. The minimum absolute atomic E-state index is 0.217. The number of benzene rings is 1. The molecule has 0 saturated carbocycles. The Morgan fingerprint density at radius 3 is 2.35 bits per heavy atom. The van der Waals surface area contributed by atoms with Crippen LogP contribution in [0.4, 0.5) is 0 Å². The van der Waals surface area contributed by atoms with Gasteiger partial charge in [-0.1, -0.05) is 13.1 Å². The summed E-state index contributed by atoms with van der Waals surface area (Å²) in [6.07, 6.45) is 0. The lowest BCUT2D eigenvalue weighted by Crippen LogP contribution is -2.32. The number of nitrogens with zero attached hydrogens (tertiary/aromatic N) is 1. The van der Waals surface area contributed by atoms with E-state index in [1.54, 1.807) is 19.2 Å². The highest BCUT2D eigenvalue weighted by Crippen LogP contribution is 2.24. The summed E-state index contributed by atoms with van der Waals surface area (Å²) in [6.45, 7) is 4.16. The lowest BCUT2D eigenvalue weighted by molar-refractivity contribution is 0.0693. The van der Waals surface area contributed by atoms with Crippen LogP contribution >= 0.6 is 0 Å². The highest BCUT2D eigenvalue weighted by molar-refractivity contribution is 6.73. The summed E-state index contributed by atoms with van der Waals surface area (Å²) in [7, 11) is 2.22. The van der Waals surface area contributed by atoms with E-state index in [1.807, 2.05) is 0 Å². The topological polar surface area (TPSA) is 46.6 Å². The summed E-state index contributed by atoms with van der Waals surface area (Å²) in [5.74, 6) is 0.265. The van der Waals surface area contributed by atoms with E-state index in [0.29, 0.717) is 16.9 Å². The van der Waals surface area contributed by atoms with Gasteiger partial charge in [0.1, 0.15) is 5.75 Å². The summed E-state index contributed by atoms with van der Waals surface area (Å²) >= 11 is 0. The Labute approximate surface area is 102 Å². The predicted molar refractivity (Wildman–Crippen MR) is 66.5 cm³/mol. The molecule has 4 nitrogen and oxygen atoms in total. The Hall–Kier alpha value is -1.62. The van der Waals surface area contributed by atoms with Crippen molar-refractivity contribution >= 4 is 25.8 Å². The summed E-state index contributed by atoms with van der Waals surface area (Å²) in [4.78, 5) is 25.1. The van der Waals surface area contributed by atoms with E-state index in [2.05, 4.69) is 13.1 Å². The molecule has 1 heterocycles. The Bertz CT molecular complexity index is 511. The highest BCUT2D eigenvalue weighted by Gasteiger charge is 2.36. The molecule has 0 bridgehead atoms. The van der Waals surface area contributed by atoms with E-state index in [4.69, 9.17) is 4.74 Å². The fraction of sp³-hybridized carbons (Fsp3) is 0.333. The molecule has 0 N–H and O–H groups in total. The zero-order valence-electron chi connectivity index (χ0n) is 10.3. The molecule has 1 aliphatic heterocycles. The normalized spacial score (nSPS) is 14.5. The van der Waals surface area contributed by atoms with E-state index in [-0.39, 0.29) is 11.8 Å². The van der Waals surface area contributed by atoms with E-state index in [9.17, 15) is 9.59 Å². The van der Waals surface area contributed by atoms with Crippen molar-refractivity contribution in [1.82, 2.24) is 4.90 Å². The zero-order chi connectivity index (χ0) is 12.7. The number of methoxy groups -OCH3 is 1. The van der Waals surface area contributed by atoms with Gasteiger partial charge in [-0.2, -0.15) is 0 Å². The van der Waals surface area contributed by atoms with Crippen LogP contribution in [0, 0.1) is 0 Å². The Morgan fingerprint density at radius 1 is 1.18 bits per heavy atom. The van der Waals surface area contributed by atoms with Gasteiger partial charge in [-0.3, -0.25) is 14.5 Å². The van der Waals surface area contributed by atoms with E-state index in [0.717, 1.165) is 5.19 Å². The lowest BCUT2D eigenvalue weighted by Gasteiger charge is -2.13. The maximum atomic E-state index is 12.1. The number of ether oxygens (including phenoxy) is 1. The first-order valence-corrected chi connectivity index (χ1v) is 7.83. The van der Waals surface area contributed by atoms with Gasteiger partial charge in [-0.15, -0.1) is 0 Å². The second kappa shape index (κ2) is 3.99. The van der Waals surface area contributed by atoms with Crippen LogP contribution in [0.2, 0.25) is 13.1 Å². The molecule has 1 aliphatic rings. The lowest BCUT2D eigenvalue weighted by atomic mass is 10.1. The van der Waals surface area contributed by atoms with Gasteiger partial charge in [0.15, 0.2) is 0 Å². The largest absolute Gasteiger partial charge is 0.497 e. The second-order valence-corrected chi connectivity index (χ2v) is 6.73. The second-order valence-electron chi connectivity index (χ2n) is 4.23. The van der Waals surface area contributed by atoms with Gasteiger partial charge < -0.3 is 4.74 Å². The number of carbonyl (C=O) groups is 2. The van der Waals surface area contributed by atoms with Crippen LogP contribution < -0.4 is 9.92 Å². The van der Waals surface area contributed by atoms with Crippen molar-refractivity contribution in [3.05, 3.63) is 23.3 Å². The Balaban J connectivity index is 2.75. The average Bonchev–Trinajstić information content (AvgIpc) is 2.53. The quantitative estimate of drug-likeness (QED) is 0.576. The van der Waals surface area contributed by atoms with Crippen molar-refractivity contribution in [3.8, 4) is 5.75 Å². The molecule has 89 valence electrons. The molecule has 2 rings (SSSR count). The van der Waals surface area contributed by atoms with Crippen molar-refractivity contribution in [2.24, 2.45) is 0 Å². The number of imide groups is 1. The van der Waals surface area contributed by atoms with Gasteiger partial charge in [0, 0.05) is 7.05 Å². The molecule has 0 atom stereocenters. The predicted octanol–water partition coefficient (Wildman–Crippen LogP) is 0.882. The summed E-state index contributed by atoms with van der Waals surface area (Å²) in [5, 5.41) is 0.915. The number of amides is 2. The van der Waals surface area contributed by atoms with E-state index < -0.39 is 8.80 Å². The number of fused-ring (bicyclic) bond motifs is 1. The number of hydrogen-bond donors (Lipinski definition) is 0. The number of rotatable bonds is 2. The smallest absolute Gasteiger partial charge is 0.261 e. The fourth-order valence-electron chi connectivity index (χ4n) is 2.09. The molecule has 0 saturated heterocycles. The third kappa shape index (κ3) is 1.58. The molecular formula is C12H14NO3Si. The van der Waals surface area contributed by atoms with Crippen LogP contribution in [0.25, 0.3) is 0 Å². The van der Waals surface area contributed by atoms with Gasteiger partial charge >= 0.3 is 0 Å². The summed E-state index contributed by atoms with van der Waals surface area (Å²) in [6, 6.07) is 3.45. The van der Waals surface area contributed by atoms with Crippen LogP contribution in [0.5, 0.6) is 5.75 Å². The van der Waals surface area contributed by atoms with Gasteiger partial charge in [0.2, 0.25) is 0 Å². The Kier molecular flexibility index (Phi) is 2.78. The minimum Gasteiger partial charge on any atom is -0.497 e. The van der Waals surface area contributed by atoms with Gasteiger partial charge in [-0.25, -0.2) is 0 Å². The van der Waals surface area contributed by atoms with Crippen LogP contribution in [0.1, 0.15) is 20.7 Å². The van der Waals surface area contributed by atoms with Crippen LogP contribution in [-0.2, 0) is 0 Å².